The van der Waals surface area contributed by atoms with Gasteiger partial charge >= 0.3 is 0 Å². The van der Waals surface area contributed by atoms with Crippen LogP contribution >= 0.6 is 11.6 Å². The summed E-state index contributed by atoms with van der Waals surface area (Å²) in [5.74, 6) is 1.36. The van der Waals surface area contributed by atoms with Crippen LogP contribution in [0.4, 0.5) is 0 Å². The van der Waals surface area contributed by atoms with Gasteiger partial charge in [-0.25, -0.2) is 4.98 Å². The highest BCUT2D eigenvalue weighted by molar-refractivity contribution is 6.31. The normalized spacial score (nSPS) is 11.2. The molecule has 0 aliphatic rings. The summed E-state index contributed by atoms with van der Waals surface area (Å²) in [6.45, 7) is 0.326. The van der Waals surface area contributed by atoms with Gasteiger partial charge in [0, 0.05) is 22.2 Å². The van der Waals surface area contributed by atoms with Crippen LogP contribution in [-0.4, -0.2) is 23.0 Å². The van der Waals surface area contributed by atoms with Crippen molar-refractivity contribution in [2.75, 3.05) is 7.11 Å². The van der Waals surface area contributed by atoms with Crippen molar-refractivity contribution in [3.05, 3.63) is 124 Å². The Morgan fingerprint density at radius 2 is 1.64 bits per heavy atom. The molecule has 0 fully saturated rings. The second-order valence-electron chi connectivity index (χ2n) is 7.98. The quantitative estimate of drug-likeness (QED) is 0.253. The summed E-state index contributed by atoms with van der Waals surface area (Å²) in [4.78, 5) is 18.2. The van der Waals surface area contributed by atoms with E-state index in [4.69, 9.17) is 26.1 Å². The lowest BCUT2D eigenvalue weighted by Gasteiger charge is -2.14. The number of methoxy groups -OCH3 is 1. The fourth-order valence-corrected chi connectivity index (χ4v) is 4.06. The molecule has 0 amide bonds. The van der Waals surface area contributed by atoms with E-state index >= 15 is 0 Å². The first-order valence-electron chi connectivity index (χ1n) is 11.3. The maximum atomic E-state index is 13.5. The average Bonchev–Trinajstić information content (AvgIpc) is 2.92. The molecule has 0 spiro atoms. The average molecular weight is 496 g/mol. The molecule has 1 aromatic heterocycles. The number of rotatable bonds is 7. The molecular formula is C29H22ClN3O3. The Balaban J connectivity index is 1.62. The number of fused-ring (bicyclic) bond motifs is 1. The molecule has 0 radical (unpaired) electrons. The van der Waals surface area contributed by atoms with Crippen molar-refractivity contribution in [2.24, 2.45) is 5.10 Å². The van der Waals surface area contributed by atoms with Crippen LogP contribution in [0.1, 0.15) is 11.1 Å². The van der Waals surface area contributed by atoms with E-state index in [1.165, 1.54) is 4.68 Å². The highest BCUT2D eigenvalue weighted by Gasteiger charge is 2.15. The first kappa shape index (κ1) is 23.3. The van der Waals surface area contributed by atoms with E-state index in [1.807, 2.05) is 72.8 Å². The predicted molar refractivity (Wildman–Crippen MR) is 143 cm³/mol. The standard InChI is InChI=1S/C29H22ClN3O3/c1-35-26-17-23(30)16-22(27(26)36-19-20-10-4-2-5-11-20)18-31-33-28(21-12-6-3-7-13-21)32-25-15-9-8-14-24(25)29(33)34/h2-18H,19H2,1H3. The maximum absolute atomic E-state index is 13.5. The van der Waals surface area contributed by atoms with Gasteiger partial charge in [-0.05, 0) is 23.8 Å². The maximum Gasteiger partial charge on any atom is 0.282 e. The minimum absolute atomic E-state index is 0.281. The van der Waals surface area contributed by atoms with E-state index in [-0.39, 0.29) is 5.56 Å². The van der Waals surface area contributed by atoms with E-state index < -0.39 is 0 Å². The highest BCUT2D eigenvalue weighted by Crippen LogP contribution is 2.34. The number of para-hydroxylation sites is 1. The Labute approximate surface area is 213 Å². The number of aromatic nitrogens is 2. The summed E-state index contributed by atoms with van der Waals surface area (Å²) in [5, 5.41) is 5.48. The topological polar surface area (TPSA) is 65.7 Å². The van der Waals surface area contributed by atoms with Crippen molar-refractivity contribution in [2.45, 2.75) is 6.61 Å². The van der Waals surface area contributed by atoms with E-state index in [0.29, 0.717) is 45.4 Å². The summed E-state index contributed by atoms with van der Waals surface area (Å²) >= 11 is 6.36. The zero-order chi connectivity index (χ0) is 24.9. The number of hydrogen-bond acceptors (Lipinski definition) is 5. The SMILES string of the molecule is COc1cc(Cl)cc(C=Nn2c(-c3ccccc3)nc3ccccc3c2=O)c1OCc1ccccc1. The molecule has 4 aromatic carbocycles. The van der Waals surface area contributed by atoms with Crippen molar-refractivity contribution in [3.8, 4) is 22.9 Å². The molecule has 6 nitrogen and oxygen atoms in total. The van der Waals surface area contributed by atoms with E-state index in [1.54, 1.807) is 37.6 Å². The second kappa shape index (κ2) is 10.5. The molecule has 0 aliphatic heterocycles. The van der Waals surface area contributed by atoms with Crippen molar-refractivity contribution in [1.82, 2.24) is 9.66 Å². The predicted octanol–water partition coefficient (Wildman–Crippen LogP) is 6.19. The van der Waals surface area contributed by atoms with Gasteiger partial charge in [-0.1, -0.05) is 84.4 Å². The molecule has 0 unspecified atom stereocenters. The summed E-state index contributed by atoms with van der Waals surface area (Å²) in [7, 11) is 1.55. The zero-order valence-corrected chi connectivity index (χ0v) is 20.2. The van der Waals surface area contributed by atoms with Gasteiger partial charge in [-0.2, -0.15) is 9.78 Å². The Morgan fingerprint density at radius 3 is 2.39 bits per heavy atom. The van der Waals surface area contributed by atoms with Crippen LogP contribution in [0.5, 0.6) is 11.5 Å². The van der Waals surface area contributed by atoms with Gasteiger partial charge in [0.25, 0.3) is 5.56 Å². The fraction of sp³-hybridized carbons (Fsp3) is 0.0690. The van der Waals surface area contributed by atoms with Gasteiger partial charge in [-0.15, -0.1) is 0 Å². The lowest BCUT2D eigenvalue weighted by Crippen LogP contribution is -2.20. The second-order valence-corrected chi connectivity index (χ2v) is 8.42. The van der Waals surface area contributed by atoms with Gasteiger partial charge in [0.2, 0.25) is 0 Å². The van der Waals surface area contributed by atoms with Gasteiger partial charge in [0.05, 0.1) is 24.2 Å². The van der Waals surface area contributed by atoms with E-state index in [2.05, 4.69) is 5.10 Å². The molecule has 0 atom stereocenters. The molecular weight excluding hydrogens is 474 g/mol. The highest BCUT2D eigenvalue weighted by atomic mass is 35.5. The van der Waals surface area contributed by atoms with Crippen molar-refractivity contribution < 1.29 is 9.47 Å². The summed E-state index contributed by atoms with van der Waals surface area (Å²) < 4.78 is 13.0. The molecule has 1 heterocycles. The van der Waals surface area contributed by atoms with E-state index in [0.717, 1.165) is 11.1 Å². The minimum Gasteiger partial charge on any atom is -0.493 e. The Morgan fingerprint density at radius 1 is 0.944 bits per heavy atom. The number of halogens is 1. The van der Waals surface area contributed by atoms with Gasteiger partial charge in [-0.3, -0.25) is 4.79 Å². The first-order valence-corrected chi connectivity index (χ1v) is 11.7. The van der Waals surface area contributed by atoms with Crippen molar-refractivity contribution >= 4 is 28.7 Å². The molecule has 0 saturated heterocycles. The third kappa shape index (κ3) is 4.85. The Bertz CT molecular complexity index is 1600. The molecule has 0 bridgehead atoms. The monoisotopic (exact) mass is 495 g/mol. The van der Waals surface area contributed by atoms with Crippen LogP contribution in [0, 0.1) is 0 Å². The number of benzene rings is 4. The molecule has 0 N–H and O–H groups in total. The third-order valence-corrected chi connectivity index (χ3v) is 5.81. The van der Waals surface area contributed by atoms with E-state index in [9.17, 15) is 4.79 Å². The zero-order valence-electron chi connectivity index (χ0n) is 19.5. The summed E-state index contributed by atoms with van der Waals surface area (Å²) in [5.41, 5.74) is 2.65. The smallest absolute Gasteiger partial charge is 0.282 e. The largest absolute Gasteiger partial charge is 0.493 e. The van der Waals surface area contributed by atoms with Gasteiger partial charge < -0.3 is 9.47 Å². The number of ether oxygens (including phenoxy) is 2. The molecule has 0 saturated carbocycles. The van der Waals surface area contributed by atoms with Crippen LogP contribution in [0.3, 0.4) is 0 Å². The Kier molecular flexibility index (Phi) is 6.78. The summed E-state index contributed by atoms with van der Waals surface area (Å²) in [6.07, 6.45) is 1.54. The van der Waals surface area contributed by atoms with Crippen LogP contribution in [0.15, 0.2) is 107 Å². The molecule has 7 heteroatoms. The Hall–Kier alpha value is -4.42. The van der Waals surface area contributed by atoms with Gasteiger partial charge in [0.1, 0.15) is 6.61 Å². The van der Waals surface area contributed by atoms with Crippen molar-refractivity contribution in [1.29, 1.82) is 0 Å². The number of hydrogen-bond donors (Lipinski definition) is 0. The molecule has 5 aromatic rings. The lowest BCUT2D eigenvalue weighted by molar-refractivity contribution is 0.284. The molecule has 178 valence electrons. The minimum atomic E-state index is -0.281. The molecule has 5 rings (SSSR count). The van der Waals surface area contributed by atoms with Crippen LogP contribution in [0.2, 0.25) is 5.02 Å². The van der Waals surface area contributed by atoms with Crippen LogP contribution in [0.25, 0.3) is 22.3 Å². The van der Waals surface area contributed by atoms with Gasteiger partial charge in [0.15, 0.2) is 17.3 Å². The third-order valence-electron chi connectivity index (χ3n) is 5.59. The lowest BCUT2D eigenvalue weighted by atomic mass is 10.2. The summed E-state index contributed by atoms with van der Waals surface area (Å²) in [6, 6.07) is 29.9. The van der Waals surface area contributed by atoms with Crippen LogP contribution < -0.4 is 15.0 Å². The first-order chi connectivity index (χ1) is 17.6. The molecule has 0 aliphatic carbocycles. The molecule has 36 heavy (non-hydrogen) atoms. The number of nitrogens with zero attached hydrogens (tertiary/aromatic N) is 3. The van der Waals surface area contributed by atoms with Crippen LogP contribution in [-0.2, 0) is 6.61 Å². The fourth-order valence-electron chi connectivity index (χ4n) is 3.85. The van der Waals surface area contributed by atoms with Crippen molar-refractivity contribution in [3.63, 3.8) is 0 Å².